The zero-order valence-corrected chi connectivity index (χ0v) is 16.1. The number of alkyl halides is 3. The second-order valence-electron chi connectivity index (χ2n) is 5.78. The van der Waals surface area contributed by atoms with Crippen LogP contribution < -0.4 is 10.6 Å². The van der Waals surface area contributed by atoms with Crippen molar-refractivity contribution in [3.05, 3.63) is 38.5 Å². The van der Waals surface area contributed by atoms with Crippen molar-refractivity contribution in [3.63, 3.8) is 0 Å². The smallest absolute Gasteiger partial charge is 0.383 e. The first-order valence-electron chi connectivity index (χ1n) is 8.01. The molecule has 0 aromatic carbocycles. The molecule has 2 aromatic heterocycles. The van der Waals surface area contributed by atoms with Gasteiger partial charge < -0.3 is 15.7 Å². The molecule has 3 N–H and O–H groups in total. The zero-order valence-electron chi connectivity index (χ0n) is 14.4. The number of nitrogens with one attached hydrogen (secondary N) is 2. The van der Waals surface area contributed by atoms with Crippen molar-refractivity contribution in [2.45, 2.75) is 32.0 Å². The molecule has 1 unspecified atom stereocenters. The van der Waals surface area contributed by atoms with Crippen LogP contribution in [0.1, 0.15) is 30.1 Å². The van der Waals surface area contributed by atoms with Crippen LogP contribution in [0.2, 0.25) is 0 Å². The Labute approximate surface area is 158 Å². The molecule has 0 bridgehead atoms. The van der Waals surface area contributed by atoms with Gasteiger partial charge in [0.2, 0.25) is 0 Å². The predicted molar refractivity (Wildman–Crippen MR) is 98.7 cm³/mol. The Kier molecular flexibility index (Phi) is 7.01. The Morgan fingerprint density at radius 1 is 1.31 bits per heavy atom. The molecule has 0 saturated carbocycles. The first-order chi connectivity index (χ1) is 12.2. The summed E-state index contributed by atoms with van der Waals surface area (Å²) in [4.78, 5) is 7.97. The summed E-state index contributed by atoms with van der Waals surface area (Å²) in [5.41, 5.74) is -1.14. The molecule has 2 rings (SSSR count). The van der Waals surface area contributed by atoms with Gasteiger partial charge in [-0.1, -0.05) is 0 Å². The van der Waals surface area contributed by atoms with E-state index in [0.717, 1.165) is 22.3 Å². The van der Waals surface area contributed by atoms with Gasteiger partial charge in [-0.05, 0) is 36.2 Å². The van der Waals surface area contributed by atoms with Gasteiger partial charge in [-0.15, -0.1) is 11.3 Å². The van der Waals surface area contributed by atoms with Gasteiger partial charge >= 0.3 is 6.18 Å². The van der Waals surface area contributed by atoms with Crippen LogP contribution in [0, 0.1) is 0 Å². The van der Waals surface area contributed by atoms with E-state index in [-0.39, 0.29) is 6.54 Å². The molecule has 0 aliphatic carbocycles. The number of aliphatic hydroxyl groups is 1. The summed E-state index contributed by atoms with van der Waals surface area (Å²) >= 11 is 2.49. The first-order valence-corrected chi connectivity index (χ1v) is 9.83. The van der Waals surface area contributed by atoms with Gasteiger partial charge in [-0.3, -0.25) is 0 Å². The number of thiophene rings is 1. The van der Waals surface area contributed by atoms with Crippen LogP contribution >= 0.6 is 22.7 Å². The van der Waals surface area contributed by atoms with E-state index in [1.807, 2.05) is 23.8 Å². The molecule has 5 nitrogen and oxygen atoms in total. The van der Waals surface area contributed by atoms with Crippen molar-refractivity contribution < 1.29 is 18.3 Å². The van der Waals surface area contributed by atoms with Gasteiger partial charge in [0.15, 0.2) is 11.7 Å². The third-order valence-corrected chi connectivity index (χ3v) is 5.10. The van der Waals surface area contributed by atoms with E-state index in [4.69, 9.17) is 0 Å². The number of guanidine groups is 1. The van der Waals surface area contributed by atoms with Crippen LogP contribution in [0.25, 0.3) is 0 Å². The van der Waals surface area contributed by atoms with Crippen LogP contribution in [0.5, 0.6) is 0 Å². The van der Waals surface area contributed by atoms with Crippen LogP contribution in [0.15, 0.2) is 27.2 Å². The van der Waals surface area contributed by atoms with E-state index in [1.165, 1.54) is 11.3 Å². The molecule has 26 heavy (non-hydrogen) atoms. The maximum Gasteiger partial charge on any atom is 0.434 e. The van der Waals surface area contributed by atoms with Gasteiger partial charge in [0.25, 0.3) is 0 Å². The number of hydrogen-bond acceptors (Lipinski definition) is 5. The molecular weight excluding hydrogens is 385 g/mol. The largest absolute Gasteiger partial charge is 0.434 e. The number of nitrogens with zero attached hydrogens (tertiary/aromatic N) is 2. The van der Waals surface area contributed by atoms with E-state index in [0.29, 0.717) is 30.5 Å². The molecule has 0 fully saturated rings. The predicted octanol–water partition coefficient (Wildman–Crippen LogP) is 3.23. The number of aromatic nitrogens is 1. The lowest BCUT2D eigenvalue weighted by atomic mass is 10.00. The molecule has 10 heteroatoms. The fourth-order valence-electron chi connectivity index (χ4n) is 2.08. The van der Waals surface area contributed by atoms with Crippen molar-refractivity contribution in [2.24, 2.45) is 4.99 Å². The average Bonchev–Trinajstić information content (AvgIpc) is 3.24. The fraction of sp³-hybridized carbons (Fsp3) is 0.500. The topological polar surface area (TPSA) is 69.5 Å². The highest BCUT2D eigenvalue weighted by atomic mass is 32.1. The Hall–Kier alpha value is -1.65. The van der Waals surface area contributed by atoms with Gasteiger partial charge in [-0.2, -0.15) is 24.5 Å². The minimum Gasteiger partial charge on any atom is -0.383 e. The highest BCUT2D eigenvalue weighted by molar-refractivity contribution is 7.09. The SMILES string of the molecule is CCNC(=NCC(C)(O)c1ccsc1)NCCc1nc(C(F)(F)F)cs1. The van der Waals surface area contributed by atoms with E-state index in [2.05, 4.69) is 20.6 Å². The molecule has 0 aliphatic rings. The Morgan fingerprint density at radius 3 is 2.65 bits per heavy atom. The normalized spacial score (nSPS) is 14.9. The van der Waals surface area contributed by atoms with E-state index >= 15 is 0 Å². The zero-order chi connectivity index (χ0) is 19.2. The minimum absolute atomic E-state index is 0.161. The van der Waals surface area contributed by atoms with Crippen molar-refractivity contribution >= 4 is 28.6 Å². The lowest BCUT2D eigenvalue weighted by Crippen LogP contribution is -2.39. The van der Waals surface area contributed by atoms with E-state index < -0.39 is 17.5 Å². The van der Waals surface area contributed by atoms with E-state index in [1.54, 1.807) is 6.92 Å². The molecule has 0 spiro atoms. The molecular formula is C16H21F3N4OS2. The summed E-state index contributed by atoms with van der Waals surface area (Å²) in [6, 6.07) is 1.85. The van der Waals surface area contributed by atoms with Crippen molar-refractivity contribution in [1.29, 1.82) is 0 Å². The summed E-state index contributed by atoms with van der Waals surface area (Å²) in [5, 5.41) is 21.8. The lowest BCUT2D eigenvalue weighted by Gasteiger charge is -2.21. The second-order valence-corrected chi connectivity index (χ2v) is 7.50. The average molecular weight is 406 g/mol. The van der Waals surface area contributed by atoms with Crippen molar-refractivity contribution in [2.75, 3.05) is 19.6 Å². The lowest BCUT2D eigenvalue weighted by molar-refractivity contribution is -0.140. The third-order valence-electron chi connectivity index (χ3n) is 3.51. The van der Waals surface area contributed by atoms with Crippen LogP contribution in [-0.4, -0.2) is 35.7 Å². The molecule has 0 amide bonds. The monoisotopic (exact) mass is 406 g/mol. The molecule has 2 heterocycles. The van der Waals surface area contributed by atoms with Crippen LogP contribution in [0.4, 0.5) is 13.2 Å². The molecule has 0 aliphatic heterocycles. The first kappa shape index (κ1) is 20.7. The van der Waals surface area contributed by atoms with Gasteiger partial charge in [0.05, 0.1) is 11.6 Å². The Balaban J connectivity index is 1.90. The standard InChI is InChI=1S/C16H21F3N4OS2/c1-3-20-14(22-10-15(2,24)11-5-7-25-8-11)21-6-4-13-23-12(9-26-13)16(17,18)19/h5,7-9,24H,3-4,6,10H2,1-2H3,(H2,20,21,22). The van der Waals surface area contributed by atoms with E-state index in [9.17, 15) is 18.3 Å². The Bertz CT molecular complexity index is 711. The van der Waals surface area contributed by atoms with Crippen molar-refractivity contribution in [1.82, 2.24) is 15.6 Å². The molecule has 2 aromatic rings. The summed E-state index contributed by atoms with van der Waals surface area (Å²) in [6.07, 6.45) is -4.06. The minimum atomic E-state index is -4.41. The van der Waals surface area contributed by atoms with Gasteiger partial charge in [-0.25, -0.2) is 9.98 Å². The number of aliphatic imine (C=N–C) groups is 1. The number of hydrogen-bond donors (Lipinski definition) is 3. The maximum absolute atomic E-state index is 12.6. The summed E-state index contributed by atoms with van der Waals surface area (Å²) in [5.74, 6) is 0.496. The molecule has 144 valence electrons. The molecule has 0 saturated heterocycles. The van der Waals surface area contributed by atoms with Gasteiger partial charge in [0, 0.05) is 24.9 Å². The van der Waals surface area contributed by atoms with Crippen LogP contribution in [0.3, 0.4) is 0 Å². The highest BCUT2D eigenvalue weighted by Crippen LogP contribution is 2.30. The fourth-order valence-corrected chi connectivity index (χ4v) is 3.67. The maximum atomic E-state index is 12.6. The summed E-state index contributed by atoms with van der Waals surface area (Å²) in [6.45, 7) is 4.77. The highest BCUT2D eigenvalue weighted by Gasteiger charge is 2.33. The van der Waals surface area contributed by atoms with Crippen molar-refractivity contribution in [3.8, 4) is 0 Å². The third kappa shape index (κ3) is 5.96. The van der Waals surface area contributed by atoms with Crippen LogP contribution in [-0.2, 0) is 18.2 Å². The number of thiazole rings is 1. The molecule has 0 radical (unpaired) electrons. The summed E-state index contributed by atoms with van der Waals surface area (Å²) in [7, 11) is 0. The summed E-state index contributed by atoms with van der Waals surface area (Å²) < 4.78 is 37.7. The number of halogens is 3. The second kappa shape index (κ2) is 8.83. The Morgan fingerprint density at radius 2 is 2.08 bits per heavy atom. The molecule has 1 atom stereocenters. The quantitative estimate of drug-likeness (QED) is 0.488. The van der Waals surface area contributed by atoms with Gasteiger partial charge in [0.1, 0.15) is 5.60 Å². The number of rotatable bonds is 7.